The molecule has 0 aliphatic heterocycles. The Morgan fingerprint density at radius 2 is 1.60 bits per heavy atom. The molecule has 6 atom stereocenters. The van der Waals surface area contributed by atoms with Crippen LogP contribution in [-0.4, -0.2) is 29.4 Å². The largest absolute Gasteiger partial charge is 0.462 e. The van der Waals surface area contributed by atoms with Crippen molar-refractivity contribution >= 4 is 17.7 Å². The van der Waals surface area contributed by atoms with Gasteiger partial charge in [0.15, 0.2) is 11.4 Å². The number of rotatable bonds is 3. The lowest BCUT2D eigenvalue weighted by Crippen LogP contribution is -2.56. The molecule has 0 radical (unpaired) electrons. The quantitative estimate of drug-likeness (QED) is 0.627. The van der Waals surface area contributed by atoms with E-state index in [9.17, 15) is 14.4 Å². The number of hydrogen-bond acceptors (Lipinski definition) is 5. The van der Waals surface area contributed by atoms with Crippen molar-refractivity contribution in [3.63, 3.8) is 0 Å². The van der Waals surface area contributed by atoms with Gasteiger partial charge in [-0.05, 0) is 62.7 Å². The predicted molar refractivity (Wildman–Crippen MR) is 112 cm³/mol. The SMILES string of the molecule is CC(=O)OC1CC[C@@]2(C)C(=CC=C3[C@@H]2CC[C@@]2(C)[C@H]3CC[C@]2(OC(C)=O)C(C)=O)C1. The van der Waals surface area contributed by atoms with Crippen molar-refractivity contribution in [2.45, 2.75) is 91.3 Å². The summed E-state index contributed by atoms with van der Waals surface area (Å²) < 4.78 is 11.3. The van der Waals surface area contributed by atoms with E-state index in [0.717, 1.165) is 38.5 Å². The van der Waals surface area contributed by atoms with Crippen LogP contribution in [0.4, 0.5) is 0 Å². The first kappa shape index (κ1) is 21.3. The lowest BCUT2D eigenvalue weighted by Gasteiger charge is -2.56. The van der Waals surface area contributed by atoms with E-state index in [1.807, 2.05) is 0 Å². The molecule has 0 amide bonds. The molecule has 0 bridgehead atoms. The second kappa shape index (κ2) is 7.06. The summed E-state index contributed by atoms with van der Waals surface area (Å²) in [7, 11) is 0. The summed E-state index contributed by atoms with van der Waals surface area (Å²) in [5, 5.41) is 0. The minimum atomic E-state index is -1.01. The molecule has 0 aromatic heterocycles. The fraction of sp³-hybridized carbons (Fsp3) is 0.720. The van der Waals surface area contributed by atoms with Crippen LogP contribution < -0.4 is 0 Å². The van der Waals surface area contributed by atoms with E-state index in [4.69, 9.17) is 9.47 Å². The molecule has 0 aromatic rings. The third-order valence-electron chi connectivity index (χ3n) is 8.87. The summed E-state index contributed by atoms with van der Waals surface area (Å²) in [6.07, 6.45) is 10.5. The number of Topliss-reactive ketones (excluding diaryl/α,β-unsaturated/α-hetero) is 1. The van der Waals surface area contributed by atoms with Gasteiger partial charge in [0.2, 0.25) is 0 Å². The summed E-state index contributed by atoms with van der Waals surface area (Å²) >= 11 is 0. The highest BCUT2D eigenvalue weighted by Gasteiger charge is 2.66. The molecule has 3 fully saturated rings. The van der Waals surface area contributed by atoms with Crippen LogP contribution in [0.1, 0.15) is 79.6 Å². The lowest BCUT2D eigenvalue weighted by atomic mass is 9.49. The van der Waals surface area contributed by atoms with Gasteiger partial charge in [-0.25, -0.2) is 0 Å². The molecule has 4 aliphatic rings. The first-order valence-electron chi connectivity index (χ1n) is 11.3. The van der Waals surface area contributed by atoms with Crippen molar-refractivity contribution < 1.29 is 23.9 Å². The number of allylic oxidation sites excluding steroid dienone is 3. The van der Waals surface area contributed by atoms with E-state index in [1.54, 1.807) is 6.92 Å². The van der Waals surface area contributed by atoms with Gasteiger partial charge in [-0.15, -0.1) is 0 Å². The minimum absolute atomic E-state index is 0.0218. The molecule has 5 heteroatoms. The fourth-order valence-electron chi connectivity index (χ4n) is 7.37. The van der Waals surface area contributed by atoms with Gasteiger partial charge in [-0.3, -0.25) is 14.4 Å². The molecule has 0 saturated heterocycles. The molecule has 1 unspecified atom stereocenters. The van der Waals surface area contributed by atoms with E-state index < -0.39 is 5.60 Å². The molecule has 0 spiro atoms. The van der Waals surface area contributed by atoms with Gasteiger partial charge < -0.3 is 9.47 Å². The molecule has 164 valence electrons. The van der Waals surface area contributed by atoms with Gasteiger partial charge in [-0.2, -0.15) is 0 Å². The maximum atomic E-state index is 12.8. The first-order chi connectivity index (χ1) is 14.0. The average Bonchev–Trinajstić information content (AvgIpc) is 2.94. The molecule has 3 saturated carbocycles. The molecule has 4 rings (SSSR count). The molecule has 0 N–H and O–H groups in total. The maximum absolute atomic E-state index is 12.8. The van der Waals surface area contributed by atoms with Crippen LogP contribution in [-0.2, 0) is 23.9 Å². The van der Waals surface area contributed by atoms with Crippen LogP contribution in [0.3, 0.4) is 0 Å². The molecule has 0 aromatic carbocycles. The number of carbonyl (C=O) groups is 3. The van der Waals surface area contributed by atoms with E-state index in [1.165, 1.54) is 25.0 Å². The Balaban J connectivity index is 1.68. The van der Waals surface area contributed by atoms with E-state index in [2.05, 4.69) is 26.0 Å². The third kappa shape index (κ3) is 2.91. The molecular weight excluding hydrogens is 380 g/mol. The number of carbonyl (C=O) groups excluding carboxylic acids is 3. The van der Waals surface area contributed by atoms with Crippen LogP contribution in [0.5, 0.6) is 0 Å². The smallest absolute Gasteiger partial charge is 0.303 e. The zero-order valence-corrected chi connectivity index (χ0v) is 18.9. The van der Waals surface area contributed by atoms with Gasteiger partial charge in [0.25, 0.3) is 0 Å². The van der Waals surface area contributed by atoms with Gasteiger partial charge >= 0.3 is 11.9 Å². The van der Waals surface area contributed by atoms with E-state index in [-0.39, 0.29) is 40.6 Å². The summed E-state index contributed by atoms with van der Waals surface area (Å²) in [6.45, 7) is 8.99. The number of esters is 2. The van der Waals surface area contributed by atoms with Crippen molar-refractivity contribution in [3.8, 4) is 0 Å². The Morgan fingerprint density at radius 1 is 0.900 bits per heavy atom. The van der Waals surface area contributed by atoms with E-state index >= 15 is 0 Å². The number of hydrogen-bond donors (Lipinski definition) is 0. The Hall–Kier alpha value is -1.91. The third-order valence-corrected chi connectivity index (χ3v) is 8.87. The van der Waals surface area contributed by atoms with Gasteiger partial charge in [-0.1, -0.05) is 37.1 Å². The molecule has 5 nitrogen and oxygen atoms in total. The Kier molecular flexibility index (Phi) is 5.02. The second-order valence-electron chi connectivity index (χ2n) is 10.3. The second-order valence-corrected chi connectivity index (χ2v) is 10.3. The molecular formula is C25H34O5. The summed E-state index contributed by atoms with van der Waals surface area (Å²) in [6, 6.07) is 0. The van der Waals surface area contributed by atoms with E-state index in [0.29, 0.717) is 12.3 Å². The average molecular weight is 415 g/mol. The van der Waals surface area contributed by atoms with Crippen molar-refractivity contribution in [1.82, 2.24) is 0 Å². The highest BCUT2D eigenvalue weighted by Crippen LogP contribution is 2.66. The Bertz CT molecular complexity index is 854. The molecule has 0 heterocycles. The van der Waals surface area contributed by atoms with Crippen molar-refractivity contribution in [1.29, 1.82) is 0 Å². The van der Waals surface area contributed by atoms with Crippen LogP contribution in [0.25, 0.3) is 0 Å². The predicted octanol–water partition coefficient (Wildman–Crippen LogP) is 4.69. The van der Waals surface area contributed by atoms with Crippen molar-refractivity contribution in [2.75, 3.05) is 0 Å². The van der Waals surface area contributed by atoms with Gasteiger partial charge in [0.1, 0.15) is 6.10 Å². The number of ether oxygens (including phenoxy) is 2. The highest BCUT2D eigenvalue weighted by molar-refractivity contribution is 5.89. The monoisotopic (exact) mass is 414 g/mol. The van der Waals surface area contributed by atoms with Crippen LogP contribution in [0.15, 0.2) is 23.3 Å². The van der Waals surface area contributed by atoms with Crippen LogP contribution in [0, 0.1) is 22.7 Å². The summed E-state index contributed by atoms with van der Waals surface area (Å²) in [5.41, 5.74) is 1.52. The zero-order chi connectivity index (χ0) is 21.9. The van der Waals surface area contributed by atoms with Gasteiger partial charge in [0.05, 0.1) is 0 Å². The number of ketones is 1. The normalized spacial score (nSPS) is 42.1. The molecule has 4 aliphatic carbocycles. The lowest BCUT2D eigenvalue weighted by molar-refractivity contribution is -0.181. The fourth-order valence-corrected chi connectivity index (χ4v) is 7.37. The zero-order valence-electron chi connectivity index (χ0n) is 18.9. The Morgan fingerprint density at radius 3 is 2.23 bits per heavy atom. The van der Waals surface area contributed by atoms with Crippen LogP contribution >= 0.6 is 0 Å². The molecule has 30 heavy (non-hydrogen) atoms. The standard InChI is InChI=1S/C25H34O5/c1-15(26)25(30-17(3)28)13-10-22-20-7-6-18-14-19(29-16(2)27)8-11-23(18,4)21(20)9-12-24(22,25)5/h6-7,19,21-22H,8-14H2,1-5H3/t19?,21-,22-,23-,24-,25-/m0/s1. The van der Waals surface area contributed by atoms with Gasteiger partial charge in [0, 0.05) is 25.7 Å². The summed E-state index contributed by atoms with van der Waals surface area (Å²) in [5.74, 6) is 0.0857. The van der Waals surface area contributed by atoms with Crippen LogP contribution in [0.2, 0.25) is 0 Å². The van der Waals surface area contributed by atoms with Crippen molar-refractivity contribution in [3.05, 3.63) is 23.3 Å². The number of fused-ring (bicyclic) bond motifs is 5. The summed E-state index contributed by atoms with van der Waals surface area (Å²) in [4.78, 5) is 36.1. The minimum Gasteiger partial charge on any atom is -0.462 e. The first-order valence-corrected chi connectivity index (χ1v) is 11.3. The topological polar surface area (TPSA) is 69.7 Å². The highest BCUT2D eigenvalue weighted by atomic mass is 16.6. The Labute approximate surface area is 179 Å². The maximum Gasteiger partial charge on any atom is 0.303 e. The van der Waals surface area contributed by atoms with Crippen molar-refractivity contribution in [2.24, 2.45) is 22.7 Å².